The Morgan fingerprint density at radius 3 is 2.88 bits per heavy atom. The van der Waals surface area contributed by atoms with E-state index in [0.717, 1.165) is 19.4 Å². The first kappa shape index (κ1) is 11.6. The smallest absolute Gasteiger partial charge is 0.0537 e. The van der Waals surface area contributed by atoms with Crippen LogP contribution in [0.25, 0.3) is 0 Å². The van der Waals surface area contributed by atoms with Crippen LogP contribution in [0.15, 0.2) is 12.4 Å². The summed E-state index contributed by atoms with van der Waals surface area (Å²) < 4.78 is 1.87. The molecule has 0 spiro atoms. The summed E-state index contributed by atoms with van der Waals surface area (Å²) >= 11 is 0. The Morgan fingerprint density at radius 1 is 1.56 bits per heavy atom. The summed E-state index contributed by atoms with van der Waals surface area (Å²) in [6.45, 7) is 5.62. The quantitative estimate of drug-likeness (QED) is 0.820. The molecule has 1 saturated heterocycles. The molecule has 90 valence electrons. The number of nitrogens with two attached hydrogens (primary N) is 1. The molecule has 0 bridgehead atoms. The molecule has 3 atom stereocenters. The van der Waals surface area contributed by atoms with Gasteiger partial charge in [-0.1, -0.05) is 0 Å². The second-order valence-corrected chi connectivity index (χ2v) is 4.99. The molecule has 1 aromatic heterocycles. The second kappa shape index (κ2) is 4.55. The van der Waals surface area contributed by atoms with E-state index in [-0.39, 0.29) is 0 Å². The molecular formula is C12H22N4. The highest BCUT2D eigenvalue weighted by atomic mass is 15.3. The highest BCUT2D eigenvalue weighted by Gasteiger charge is 2.27. The predicted molar refractivity (Wildman–Crippen MR) is 65.0 cm³/mol. The van der Waals surface area contributed by atoms with E-state index in [1.807, 2.05) is 17.9 Å². The normalized spacial score (nSPS) is 29.2. The monoisotopic (exact) mass is 222 g/mol. The van der Waals surface area contributed by atoms with Crippen molar-refractivity contribution in [1.82, 2.24) is 14.7 Å². The molecule has 1 aromatic rings. The Labute approximate surface area is 97.4 Å². The Kier molecular flexibility index (Phi) is 3.30. The van der Waals surface area contributed by atoms with Crippen LogP contribution in [-0.4, -0.2) is 33.3 Å². The van der Waals surface area contributed by atoms with Gasteiger partial charge in [-0.05, 0) is 26.7 Å². The van der Waals surface area contributed by atoms with Crippen molar-refractivity contribution in [3.63, 3.8) is 0 Å². The van der Waals surface area contributed by atoms with Gasteiger partial charge in [-0.3, -0.25) is 9.58 Å². The number of likely N-dealkylation sites (tertiary alicyclic amines) is 1. The van der Waals surface area contributed by atoms with Gasteiger partial charge in [0.25, 0.3) is 0 Å². The van der Waals surface area contributed by atoms with E-state index < -0.39 is 0 Å². The molecule has 1 aliphatic heterocycles. The molecule has 16 heavy (non-hydrogen) atoms. The molecule has 1 fully saturated rings. The number of aromatic nitrogens is 2. The van der Waals surface area contributed by atoms with Crippen LogP contribution in [0.1, 0.15) is 38.3 Å². The van der Waals surface area contributed by atoms with Gasteiger partial charge in [0.15, 0.2) is 0 Å². The molecule has 4 heteroatoms. The molecule has 2 heterocycles. The van der Waals surface area contributed by atoms with Gasteiger partial charge in [-0.25, -0.2) is 0 Å². The van der Waals surface area contributed by atoms with Gasteiger partial charge in [0.1, 0.15) is 0 Å². The Bertz CT molecular complexity index is 347. The van der Waals surface area contributed by atoms with Crippen molar-refractivity contribution >= 4 is 0 Å². The van der Waals surface area contributed by atoms with Crippen LogP contribution in [0.5, 0.6) is 0 Å². The van der Waals surface area contributed by atoms with Gasteiger partial charge in [0.05, 0.1) is 6.20 Å². The Morgan fingerprint density at radius 2 is 2.31 bits per heavy atom. The number of piperidine rings is 1. The molecule has 4 nitrogen and oxygen atoms in total. The van der Waals surface area contributed by atoms with Gasteiger partial charge >= 0.3 is 0 Å². The minimum atomic E-state index is 0.382. The van der Waals surface area contributed by atoms with E-state index in [1.165, 1.54) is 5.56 Å². The van der Waals surface area contributed by atoms with Crippen molar-refractivity contribution in [2.45, 2.75) is 44.8 Å². The number of hydrogen-bond donors (Lipinski definition) is 1. The molecule has 0 aromatic carbocycles. The molecule has 0 radical (unpaired) electrons. The minimum Gasteiger partial charge on any atom is -0.328 e. The van der Waals surface area contributed by atoms with Gasteiger partial charge in [0, 0.05) is 43.5 Å². The lowest BCUT2D eigenvalue weighted by Crippen LogP contribution is -2.46. The van der Waals surface area contributed by atoms with E-state index in [9.17, 15) is 0 Å². The first-order valence-corrected chi connectivity index (χ1v) is 6.08. The molecule has 0 saturated carbocycles. The summed E-state index contributed by atoms with van der Waals surface area (Å²) in [5, 5.41) is 4.24. The molecule has 0 amide bonds. The first-order chi connectivity index (χ1) is 7.58. The van der Waals surface area contributed by atoms with Crippen LogP contribution < -0.4 is 5.73 Å². The first-order valence-electron chi connectivity index (χ1n) is 6.08. The molecule has 3 unspecified atom stereocenters. The summed E-state index contributed by atoms with van der Waals surface area (Å²) in [5.74, 6) is 0. The van der Waals surface area contributed by atoms with E-state index in [2.05, 4.69) is 30.0 Å². The summed E-state index contributed by atoms with van der Waals surface area (Å²) in [6.07, 6.45) is 6.28. The number of hydrogen-bond acceptors (Lipinski definition) is 3. The maximum absolute atomic E-state index is 5.99. The van der Waals surface area contributed by atoms with Crippen LogP contribution >= 0.6 is 0 Å². The molecular weight excluding hydrogens is 200 g/mol. The SMILES string of the molecule is CC1CC(N)CCN1C(C)c1cnn(C)c1. The molecule has 0 aliphatic carbocycles. The summed E-state index contributed by atoms with van der Waals surface area (Å²) in [7, 11) is 1.96. The van der Waals surface area contributed by atoms with Gasteiger partial charge in [-0.2, -0.15) is 5.10 Å². The van der Waals surface area contributed by atoms with Crippen LogP contribution in [0.4, 0.5) is 0 Å². The van der Waals surface area contributed by atoms with Crippen LogP contribution in [0, 0.1) is 0 Å². The van der Waals surface area contributed by atoms with Gasteiger partial charge in [-0.15, -0.1) is 0 Å². The zero-order chi connectivity index (χ0) is 11.7. The van der Waals surface area contributed by atoms with E-state index in [1.54, 1.807) is 0 Å². The summed E-state index contributed by atoms with van der Waals surface area (Å²) in [6, 6.07) is 1.39. The lowest BCUT2D eigenvalue weighted by molar-refractivity contribution is 0.104. The predicted octanol–water partition coefficient (Wildman–Crippen LogP) is 1.29. The largest absolute Gasteiger partial charge is 0.328 e. The lowest BCUT2D eigenvalue weighted by atomic mass is 9.96. The minimum absolute atomic E-state index is 0.382. The third kappa shape index (κ3) is 2.28. The highest BCUT2D eigenvalue weighted by molar-refractivity contribution is 5.10. The third-order valence-corrected chi connectivity index (χ3v) is 3.67. The highest BCUT2D eigenvalue weighted by Crippen LogP contribution is 2.27. The zero-order valence-corrected chi connectivity index (χ0v) is 10.4. The number of aryl methyl sites for hydroxylation is 1. The van der Waals surface area contributed by atoms with Crippen molar-refractivity contribution in [1.29, 1.82) is 0 Å². The van der Waals surface area contributed by atoms with E-state index >= 15 is 0 Å². The van der Waals surface area contributed by atoms with Gasteiger partial charge in [0.2, 0.25) is 0 Å². The standard InChI is InChI=1S/C12H22N4/c1-9-6-12(13)4-5-16(9)10(2)11-7-14-15(3)8-11/h7-10,12H,4-6,13H2,1-3H3. The Hall–Kier alpha value is -0.870. The summed E-state index contributed by atoms with van der Waals surface area (Å²) in [5.41, 5.74) is 7.28. The average molecular weight is 222 g/mol. The number of nitrogens with zero attached hydrogens (tertiary/aromatic N) is 3. The van der Waals surface area contributed by atoms with Crippen LogP contribution in [-0.2, 0) is 7.05 Å². The van der Waals surface area contributed by atoms with E-state index in [0.29, 0.717) is 18.1 Å². The summed E-state index contributed by atoms with van der Waals surface area (Å²) in [4.78, 5) is 2.53. The molecule has 2 N–H and O–H groups in total. The van der Waals surface area contributed by atoms with Crippen LogP contribution in [0.2, 0.25) is 0 Å². The number of rotatable bonds is 2. The van der Waals surface area contributed by atoms with Crippen molar-refractivity contribution < 1.29 is 0 Å². The van der Waals surface area contributed by atoms with Crippen molar-refractivity contribution in [3.05, 3.63) is 18.0 Å². The van der Waals surface area contributed by atoms with Crippen molar-refractivity contribution in [3.8, 4) is 0 Å². The second-order valence-electron chi connectivity index (χ2n) is 4.99. The topological polar surface area (TPSA) is 47.1 Å². The van der Waals surface area contributed by atoms with Crippen molar-refractivity contribution in [2.24, 2.45) is 12.8 Å². The Balaban J connectivity index is 2.07. The lowest BCUT2D eigenvalue weighted by Gasteiger charge is -2.40. The molecule has 1 aliphatic rings. The third-order valence-electron chi connectivity index (χ3n) is 3.67. The average Bonchev–Trinajstić information content (AvgIpc) is 2.64. The maximum Gasteiger partial charge on any atom is 0.0537 e. The van der Waals surface area contributed by atoms with Gasteiger partial charge < -0.3 is 5.73 Å². The zero-order valence-electron chi connectivity index (χ0n) is 10.4. The fraction of sp³-hybridized carbons (Fsp3) is 0.750. The molecule has 2 rings (SSSR count). The maximum atomic E-state index is 5.99. The fourth-order valence-electron chi connectivity index (χ4n) is 2.65. The van der Waals surface area contributed by atoms with E-state index in [4.69, 9.17) is 5.73 Å². The van der Waals surface area contributed by atoms with Crippen LogP contribution in [0.3, 0.4) is 0 Å². The fourth-order valence-corrected chi connectivity index (χ4v) is 2.65. The van der Waals surface area contributed by atoms with Crippen molar-refractivity contribution in [2.75, 3.05) is 6.54 Å².